The maximum atomic E-state index is 13.2. The fourth-order valence-electron chi connectivity index (χ4n) is 5.19. The van der Waals surface area contributed by atoms with Crippen molar-refractivity contribution < 1.29 is 34.8 Å². The van der Waals surface area contributed by atoms with Crippen LogP contribution < -0.4 is 0 Å². The number of rotatable bonds is 2. The summed E-state index contributed by atoms with van der Waals surface area (Å²) in [5.74, 6) is -4.45. The summed E-state index contributed by atoms with van der Waals surface area (Å²) in [6.07, 6.45) is 3.19. The molecule has 4 N–H and O–H groups in total. The average Bonchev–Trinajstić information content (AvgIpc) is 2.65. The molecule has 7 nitrogen and oxygen atoms in total. The van der Waals surface area contributed by atoms with Gasteiger partial charge in [0.15, 0.2) is 17.3 Å². The minimum Gasteiger partial charge on any atom is -0.508 e. The van der Waals surface area contributed by atoms with E-state index < -0.39 is 64.1 Å². The van der Waals surface area contributed by atoms with E-state index in [0.29, 0.717) is 0 Å². The lowest BCUT2D eigenvalue weighted by Gasteiger charge is -2.61. The van der Waals surface area contributed by atoms with Gasteiger partial charge in [0.05, 0.1) is 22.0 Å². The van der Waals surface area contributed by atoms with Gasteiger partial charge in [-0.25, -0.2) is 0 Å². The first kappa shape index (κ1) is 21.6. The van der Waals surface area contributed by atoms with Crippen LogP contribution in [0.25, 0.3) is 0 Å². The van der Waals surface area contributed by atoms with Crippen LogP contribution in [-0.2, 0) is 14.4 Å². The van der Waals surface area contributed by atoms with Crippen molar-refractivity contribution in [3.05, 3.63) is 46.7 Å². The van der Waals surface area contributed by atoms with Crippen molar-refractivity contribution in [2.24, 2.45) is 16.7 Å². The Morgan fingerprint density at radius 2 is 1.79 bits per heavy atom. The van der Waals surface area contributed by atoms with Crippen LogP contribution >= 0.6 is 11.6 Å². The zero-order valence-electron chi connectivity index (χ0n) is 16.2. The van der Waals surface area contributed by atoms with Crippen LogP contribution in [0.1, 0.15) is 27.2 Å². The van der Waals surface area contributed by atoms with Gasteiger partial charge in [-0.1, -0.05) is 29.8 Å². The van der Waals surface area contributed by atoms with Gasteiger partial charge < -0.3 is 20.4 Å². The van der Waals surface area contributed by atoms with Crippen LogP contribution in [0.15, 0.2) is 46.7 Å². The first-order valence-electron chi connectivity index (χ1n) is 9.20. The molecule has 4 aliphatic rings. The fourth-order valence-corrected chi connectivity index (χ4v) is 5.49. The van der Waals surface area contributed by atoms with E-state index in [1.54, 1.807) is 19.1 Å². The van der Waals surface area contributed by atoms with Gasteiger partial charge in [-0.15, -0.1) is 0 Å². The summed E-state index contributed by atoms with van der Waals surface area (Å²) in [5.41, 5.74) is -6.44. The highest BCUT2D eigenvalue weighted by molar-refractivity contribution is 6.44. The standard InChI is InChI=1S/C21H23ClO7/c1-4-5-6-7-11(23)13-14-20(3,29)18(28)19(2,17(13)27)9-21(14)15(25)10(22)8-12(24)16(21)26/h4-8,12,14,16,23-24,26,29H,9H2,1-3H3/b5-4+,7-6+,13-11-/t12-,14?,16+,19+,20?,21-/m0/s1. The Balaban J connectivity index is 2.37. The Hall–Kier alpha value is -2.06. The van der Waals surface area contributed by atoms with E-state index in [4.69, 9.17) is 11.6 Å². The largest absolute Gasteiger partial charge is 0.508 e. The summed E-state index contributed by atoms with van der Waals surface area (Å²) in [6, 6.07) is 0. The Morgan fingerprint density at radius 3 is 2.38 bits per heavy atom. The summed E-state index contributed by atoms with van der Waals surface area (Å²) >= 11 is 6.02. The van der Waals surface area contributed by atoms with Crippen molar-refractivity contribution in [3.8, 4) is 0 Å². The molecule has 2 unspecified atom stereocenters. The number of carbonyl (C=O) groups is 3. The molecule has 0 heterocycles. The van der Waals surface area contributed by atoms with E-state index in [2.05, 4.69) is 0 Å². The number of carbonyl (C=O) groups excluding carboxylic acids is 3. The molecule has 0 aromatic carbocycles. The molecule has 0 aromatic rings. The van der Waals surface area contributed by atoms with Crippen molar-refractivity contribution in [1.82, 2.24) is 0 Å². The number of aliphatic hydroxyl groups is 4. The number of Topliss-reactive ketones (excluding diaryl/α,β-unsaturated/α-hetero) is 3. The summed E-state index contributed by atoms with van der Waals surface area (Å²) in [5, 5.41) is 42.6. The molecule has 3 fully saturated rings. The molecule has 0 aromatic heterocycles. The summed E-state index contributed by atoms with van der Waals surface area (Å²) in [7, 11) is 0. The number of hydrogen-bond donors (Lipinski definition) is 4. The molecular formula is C21H23ClO7. The summed E-state index contributed by atoms with van der Waals surface area (Å²) in [4.78, 5) is 39.3. The predicted molar refractivity (Wildman–Crippen MR) is 104 cm³/mol. The summed E-state index contributed by atoms with van der Waals surface area (Å²) < 4.78 is 0. The number of allylic oxidation sites excluding steroid dienone is 5. The second kappa shape index (κ2) is 6.74. The number of hydrogen-bond acceptors (Lipinski definition) is 7. The molecule has 2 bridgehead atoms. The van der Waals surface area contributed by atoms with Crippen LogP contribution in [-0.4, -0.2) is 55.6 Å². The lowest BCUT2D eigenvalue weighted by Crippen LogP contribution is -2.75. The molecule has 6 atom stereocenters. The van der Waals surface area contributed by atoms with Gasteiger partial charge in [-0.05, 0) is 39.3 Å². The summed E-state index contributed by atoms with van der Waals surface area (Å²) in [6.45, 7) is 4.16. The van der Waals surface area contributed by atoms with Crippen molar-refractivity contribution in [2.45, 2.75) is 45.0 Å². The second-order valence-corrected chi connectivity index (χ2v) is 8.66. The Bertz CT molecular complexity index is 925. The van der Waals surface area contributed by atoms with E-state index in [9.17, 15) is 34.8 Å². The smallest absolute Gasteiger partial charge is 0.183 e. The molecule has 0 radical (unpaired) electrons. The number of fused-ring (bicyclic) bond motifs is 2. The fraction of sp³-hybridized carbons (Fsp3) is 0.476. The maximum Gasteiger partial charge on any atom is 0.183 e. The highest BCUT2D eigenvalue weighted by Crippen LogP contribution is 2.64. The predicted octanol–water partition coefficient (Wildman–Crippen LogP) is 1.27. The molecule has 29 heavy (non-hydrogen) atoms. The van der Waals surface area contributed by atoms with E-state index in [-0.39, 0.29) is 10.6 Å². The van der Waals surface area contributed by atoms with Gasteiger partial charge in [0.1, 0.15) is 17.5 Å². The van der Waals surface area contributed by atoms with Crippen molar-refractivity contribution in [2.75, 3.05) is 0 Å². The second-order valence-electron chi connectivity index (χ2n) is 8.25. The van der Waals surface area contributed by atoms with Gasteiger partial charge >= 0.3 is 0 Å². The van der Waals surface area contributed by atoms with E-state index in [0.717, 1.165) is 13.0 Å². The van der Waals surface area contributed by atoms with Gasteiger partial charge in [-0.3, -0.25) is 14.4 Å². The number of halogens is 1. The molecule has 0 aliphatic heterocycles. The van der Waals surface area contributed by atoms with Crippen LogP contribution in [0.5, 0.6) is 0 Å². The zero-order chi connectivity index (χ0) is 21.9. The Labute approximate surface area is 172 Å². The van der Waals surface area contributed by atoms with Gasteiger partial charge in [0.25, 0.3) is 0 Å². The van der Waals surface area contributed by atoms with Crippen molar-refractivity contribution in [1.29, 1.82) is 0 Å². The quantitative estimate of drug-likeness (QED) is 0.228. The lowest BCUT2D eigenvalue weighted by molar-refractivity contribution is -0.203. The molecule has 4 aliphatic carbocycles. The van der Waals surface area contributed by atoms with Crippen LogP contribution in [0.2, 0.25) is 0 Å². The van der Waals surface area contributed by atoms with Gasteiger partial charge in [0.2, 0.25) is 0 Å². The monoisotopic (exact) mass is 422 g/mol. The highest BCUT2D eigenvalue weighted by atomic mass is 35.5. The maximum absolute atomic E-state index is 13.2. The third kappa shape index (κ3) is 2.65. The first-order valence-corrected chi connectivity index (χ1v) is 9.58. The minimum absolute atomic E-state index is 0.338. The van der Waals surface area contributed by atoms with Crippen LogP contribution in [0.4, 0.5) is 0 Å². The molecule has 4 rings (SSSR count). The van der Waals surface area contributed by atoms with Crippen LogP contribution in [0.3, 0.4) is 0 Å². The normalized spacial score (nSPS) is 44.3. The molecule has 0 amide bonds. The SMILES string of the molecule is C/C=C/C=C/C(O)=C1/C(=O)[C@@]2(C)C[C@@]3(C(=O)C(Cl)=C[C@H](O)[C@H]3O)C1C(C)(O)C2=O. The topological polar surface area (TPSA) is 132 Å². The zero-order valence-corrected chi connectivity index (χ0v) is 17.0. The number of ketones is 3. The van der Waals surface area contributed by atoms with Gasteiger partial charge in [-0.2, -0.15) is 0 Å². The third-order valence-electron chi connectivity index (χ3n) is 6.36. The van der Waals surface area contributed by atoms with Crippen molar-refractivity contribution >= 4 is 29.0 Å². The number of aliphatic hydroxyl groups excluding tert-OH is 3. The molecular weight excluding hydrogens is 400 g/mol. The molecule has 1 spiro atoms. The van der Waals surface area contributed by atoms with Gasteiger partial charge in [0, 0.05) is 11.5 Å². The average molecular weight is 423 g/mol. The Morgan fingerprint density at radius 1 is 1.17 bits per heavy atom. The van der Waals surface area contributed by atoms with E-state index in [1.165, 1.54) is 19.1 Å². The van der Waals surface area contributed by atoms with Crippen LogP contribution in [0, 0.1) is 16.7 Å². The van der Waals surface area contributed by atoms with Crippen molar-refractivity contribution in [3.63, 3.8) is 0 Å². The van der Waals surface area contributed by atoms with E-state index >= 15 is 0 Å². The Kier molecular flexibility index (Phi) is 5.03. The lowest BCUT2D eigenvalue weighted by atomic mass is 9.40. The van der Waals surface area contributed by atoms with E-state index in [1.807, 2.05) is 0 Å². The first-order chi connectivity index (χ1) is 13.4. The molecule has 156 valence electrons. The molecule has 8 heteroatoms. The highest BCUT2D eigenvalue weighted by Gasteiger charge is 2.77. The minimum atomic E-state index is -2.26. The molecule has 0 saturated heterocycles. The molecule has 3 saturated carbocycles. The third-order valence-corrected chi connectivity index (χ3v) is 6.66.